The molecule has 5 heteroatoms. The van der Waals surface area contributed by atoms with Crippen molar-refractivity contribution in [1.29, 1.82) is 0 Å². The number of carbonyl (C=O) groups is 1. The van der Waals surface area contributed by atoms with Gasteiger partial charge in [-0.15, -0.1) is 0 Å². The Morgan fingerprint density at radius 2 is 1.22 bits per heavy atom. The van der Waals surface area contributed by atoms with Crippen LogP contribution in [-0.2, 0) is 9.53 Å². The molecule has 5 nitrogen and oxygen atoms in total. The zero-order chi connectivity index (χ0) is 17.4. The average Bonchev–Trinajstić information content (AvgIpc) is 2.58. The van der Waals surface area contributed by atoms with Crippen LogP contribution in [0.4, 0.5) is 0 Å². The molecule has 0 radical (unpaired) electrons. The van der Waals surface area contributed by atoms with E-state index < -0.39 is 25.2 Å². The predicted octanol–water partition coefficient (Wildman–Crippen LogP) is 2.80. The van der Waals surface area contributed by atoms with E-state index >= 15 is 0 Å². The van der Waals surface area contributed by atoms with Crippen LogP contribution in [0.25, 0.3) is 0 Å². The number of hydrogen-bond donors (Lipinski definition) is 3. The third-order valence-electron chi connectivity index (χ3n) is 4.28. The zero-order valence-corrected chi connectivity index (χ0v) is 14.8. The summed E-state index contributed by atoms with van der Waals surface area (Å²) in [5, 5.41) is 27.4. The van der Waals surface area contributed by atoms with E-state index in [0.29, 0.717) is 6.42 Å². The molecule has 3 N–H and O–H groups in total. The highest BCUT2D eigenvalue weighted by Gasteiger charge is 2.29. The van der Waals surface area contributed by atoms with Crippen molar-refractivity contribution in [3.05, 3.63) is 0 Å². The Kier molecular flexibility index (Phi) is 14.5. The van der Waals surface area contributed by atoms with E-state index in [1.807, 2.05) is 0 Å². The van der Waals surface area contributed by atoms with Crippen molar-refractivity contribution in [2.75, 3.05) is 26.4 Å². The van der Waals surface area contributed by atoms with E-state index in [0.717, 1.165) is 19.3 Å². The highest BCUT2D eigenvalue weighted by molar-refractivity contribution is 5.69. The number of rotatable bonds is 16. The molecule has 0 aliphatic heterocycles. The second-order valence-electron chi connectivity index (χ2n) is 6.57. The summed E-state index contributed by atoms with van der Waals surface area (Å²) in [4.78, 5) is 11.6. The fourth-order valence-electron chi connectivity index (χ4n) is 2.35. The molecule has 0 amide bonds. The fourth-order valence-corrected chi connectivity index (χ4v) is 2.35. The maximum absolute atomic E-state index is 11.6. The topological polar surface area (TPSA) is 87.0 Å². The summed E-state index contributed by atoms with van der Waals surface area (Å²) in [7, 11) is 0. The first-order chi connectivity index (χ1) is 11.1. The van der Waals surface area contributed by atoms with Gasteiger partial charge in [-0.25, -0.2) is 0 Å². The minimum absolute atomic E-state index is 0.146. The Morgan fingerprint density at radius 3 is 1.65 bits per heavy atom. The van der Waals surface area contributed by atoms with Gasteiger partial charge in [-0.3, -0.25) is 4.79 Å². The lowest BCUT2D eigenvalue weighted by Crippen LogP contribution is -2.39. The number of aliphatic hydroxyl groups is 3. The predicted molar refractivity (Wildman–Crippen MR) is 91.1 cm³/mol. The Balaban J connectivity index is 3.50. The van der Waals surface area contributed by atoms with E-state index in [2.05, 4.69) is 6.92 Å². The van der Waals surface area contributed by atoms with E-state index in [1.54, 1.807) is 0 Å². The van der Waals surface area contributed by atoms with Crippen LogP contribution in [-0.4, -0.2) is 47.7 Å². The zero-order valence-electron chi connectivity index (χ0n) is 14.8. The molecule has 0 aromatic rings. The van der Waals surface area contributed by atoms with E-state index in [9.17, 15) is 4.79 Å². The Hall–Kier alpha value is -0.650. The van der Waals surface area contributed by atoms with Crippen molar-refractivity contribution in [2.24, 2.45) is 5.41 Å². The van der Waals surface area contributed by atoms with Gasteiger partial charge in [-0.05, 0) is 6.42 Å². The second-order valence-corrected chi connectivity index (χ2v) is 6.57. The third-order valence-corrected chi connectivity index (χ3v) is 4.28. The normalized spacial score (nSPS) is 11.7. The minimum Gasteiger partial charge on any atom is -0.465 e. The lowest BCUT2D eigenvalue weighted by Gasteiger charge is -2.26. The van der Waals surface area contributed by atoms with Crippen LogP contribution in [0, 0.1) is 5.41 Å². The van der Waals surface area contributed by atoms with E-state index in [-0.39, 0.29) is 12.6 Å². The summed E-state index contributed by atoms with van der Waals surface area (Å²) in [6.45, 7) is 0.845. The first-order valence-electron chi connectivity index (χ1n) is 9.12. The molecule has 0 atom stereocenters. The fraction of sp³-hybridized carbons (Fsp3) is 0.944. The third kappa shape index (κ3) is 11.5. The van der Waals surface area contributed by atoms with Crippen molar-refractivity contribution >= 4 is 5.97 Å². The largest absolute Gasteiger partial charge is 0.465 e. The van der Waals surface area contributed by atoms with Gasteiger partial charge in [-0.1, -0.05) is 64.7 Å². The van der Waals surface area contributed by atoms with Gasteiger partial charge in [0, 0.05) is 6.42 Å². The maximum atomic E-state index is 11.6. The second kappa shape index (κ2) is 14.9. The summed E-state index contributed by atoms with van der Waals surface area (Å²) in [6.07, 6.45) is 12.5. The first kappa shape index (κ1) is 22.4. The van der Waals surface area contributed by atoms with E-state index in [1.165, 1.54) is 44.9 Å². The Morgan fingerprint density at radius 1 is 0.783 bits per heavy atom. The van der Waals surface area contributed by atoms with Crippen molar-refractivity contribution in [2.45, 2.75) is 77.6 Å². The Bertz CT molecular complexity index is 268. The van der Waals surface area contributed by atoms with Crippen LogP contribution in [0.2, 0.25) is 0 Å². The molecule has 0 saturated carbocycles. The molecule has 138 valence electrons. The lowest BCUT2D eigenvalue weighted by atomic mass is 9.93. The number of aliphatic hydroxyl groups excluding tert-OH is 3. The summed E-state index contributed by atoms with van der Waals surface area (Å²) >= 11 is 0. The molecule has 0 saturated heterocycles. The van der Waals surface area contributed by atoms with Crippen molar-refractivity contribution < 1.29 is 24.9 Å². The van der Waals surface area contributed by atoms with Crippen molar-refractivity contribution in [3.63, 3.8) is 0 Å². The summed E-state index contributed by atoms with van der Waals surface area (Å²) in [6, 6.07) is 0. The van der Waals surface area contributed by atoms with Gasteiger partial charge in [0.2, 0.25) is 0 Å². The van der Waals surface area contributed by atoms with Gasteiger partial charge < -0.3 is 20.1 Å². The molecule has 0 aromatic carbocycles. The minimum atomic E-state index is -1.13. The number of hydrogen-bond acceptors (Lipinski definition) is 5. The standard InChI is InChI=1S/C18H36O5/c1-2-3-4-5-6-7-8-9-10-11-12-17(22)23-16-18(13-19,14-20)15-21/h19-21H,2-16H2,1H3. The molecule has 0 aromatic heterocycles. The smallest absolute Gasteiger partial charge is 0.305 e. The van der Waals surface area contributed by atoms with Gasteiger partial charge in [0.25, 0.3) is 0 Å². The summed E-state index contributed by atoms with van der Waals surface area (Å²) in [5.41, 5.74) is -1.13. The quantitative estimate of drug-likeness (QED) is 0.299. The molecule has 0 heterocycles. The maximum Gasteiger partial charge on any atom is 0.305 e. The first-order valence-corrected chi connectivity index (χ1v) is 9.12. The molecule has 0 bridgehead atoms. The molecular formula is C18H36O5. The summed E-state index contributed by atoms with van der Waals surface area (Å²) < 4.78 is 5.04. The van der Waals surface area contributed by atoms with Crippen LogP contribution in [0.15, 0.2) is 0 Å². The highest BCUT2D eigenvalue weighted by Crippen LogP contribution is 2.16. The number of unbranched alkanes of at least 4 members (excludes halogenated alkanes) is 9. The van der Waals surface area contributed by atoms with Gasteiger partial charge in [0.1, 0.15) is 6.61 Å². The van der Waals surface area contributed by atoms with Gasteiger partial charge >= 0.3 is 5.97 Å². The highest BCUT2D eigenvalue weighted by atomic mass is 16.5. The summed E-state index contributed by atoms with van der Waals surface area (Å²) in [5.74, 6) is -0.329. The molecular weight excluding hydrogens is 296 g/mol. The van der Waals surface area contributed by atoms with Crippen LogP contribution >= 0.6 is 0 Å². The van der Waals surface area contributed by atoms with Crippen LogP contribution in [0.1, 0.15) is 77.6 Å². The molecule has 0 aliphatic rings. The molecule has 0 unspecified atom stereocenters. The van der Waals surface area contributed by atoms with Gasteiger partial charge in [0.05, 0.1) is 25.2 Å². The molecule has 0 aliphatic carbocycles. The molecule has 0 fully saturated rings. The van der Waals surface area contributed by atoms with Crippen LogP contribution < -0.4 is 0 Å². The SMILES string of the molecule is CCCCCCCCCCCCC(=O)OCC(CO)(CO)CO. The van der Waals surface area contributed by atoms with Crippen LogP contribution in [0.5, 0.6) is 0 Å². The number of ether oxygens (including phenoxy) is 1. The average molecular weight is 332 g/mol. The number of esters is 1. The monoisotopic (exact) mass is 332 g/mol. The number of carbonyl (C=O) groups excluding carboxylic acids is 1. The van der Waals surface area contributed by atoms with Gasteiger partial charge in [-0.2, -0.15) is 0 Å². The lowest BCUT2D eigenvalue weighted by molar-refractivity contribution is -0.151. The Labute approximate surface area is 141 Å². The van der Waals surface area contributed by atoms with Crippen LogP contribution in [0.3, 0.4) is 0 Å². The van der Waals surface area contributed by atoms with Gasteiger partial charge in [0.15, 0.2) is 0 Å². The van der Waals surface area contributed by atoms with E-state index in [4.69, 9.17) is 20.1 Å². The van der Waals surface area contributed by atoms with Crippen molar-refractivity contribution in [3.8, 4) is 0 Å². The van der Waals surface area contributed by atoms with Crippen molar-refractivity contribution in [1.82, 2.24) is 0 Å². The molecule has 23 heavy (non-hydrogen) atoms. The molecule has 0 spiro atoms. The molecule has 0 rings (SSSR count).